The van der Waals surface area contributed by atoms with Crippen LogP contribution < -0.4 is 10.6 Å². The minimum Gasteiger partial charge on any atom is -0.331 e. The van der Waals surface area contributed by atoms with Crippen LogP contribution in [0.1, 0.15) is 35.0 Å². The molecule has 2 amide bonds. The maximum atomic E-state index is 11.9. The first kappa shape index (κ1) is 15.4. The standard InChI is InChI=1S/C15H16N4O3S/c1-9-6-11(4-5-13(9)19(21)22)17-15(20)16-7-14-18-12(8-23-14)10-2-3-10/h4-6,8,10H,2-3,7H2,1H3,(H2,16,17,20). The van der Waals surface area contributed by atoms with E-state index in [9.17, 15) is 14.9 Å². The third-order valence-corrected chi connectivity index (χ3v) is 4.48. The van der Waals surface area contributed by atoms with E-state index < -0.39 is 4.92 Å². The van der Waals surface area contributed by atoms with Gasteiger partial charge >= 0.3 is 6.03 Å². The zero-order valence-corrected chi connectivity index (χ0v) is 13.4. The van der Waals surface area contributed by atoms with Gasteiger partial charge in [-0.05, 0) is 31.9 Å². The molecule has 2 N–H and O–H groups in total. The highest BCUT2D eigenvalue weighted by Crippen LogP contribution is 2.40. The average molecular weight is 332 g/mol. The van der Waals surface area contributed by atoms with Crippen LogP contribution in [0.15, 0.2) is 23.6 Å². The number of amides is 2. The molecule has 8 heteroatoms. The van der Waals surface area contributed by atoms with E-state index in [0.29, 0.717) is 23.7 Å². The number of thiazole rings is 1. The van der Waals surface area contributed by atoms with Crippen molar-refractivity contribution in [2.75, 3.05) is 5.32 Å². The summed E-state index contributed by atoms with van der Waals surface area (Å²) in [6.07, 6.45) is 2.41. The molecule has 0 aliphatic heterocycles. The number of hydrogen-bond donors (Lipinski definition) is 2. The Hall–Kier alpha value is -2.48. The smallest absolute Gasteiger partial charge is 0.319 e. The number of nitrogens with one attached hydrogen (secondary N) is 2. The number of aromatic nitrogens is 1. The fourth-order valence-corrected chi connectivity index (χ4v) is 3.06. The van der Waals surface area contributed by atoms with Crippen molar-refractivity contribution in [3.8, 4) is 0 Å². The summed E-state index contributed by atoms with van der Waals surface area (Å²) in [5, 5.41) is 19.1. The lowest BCUT2D eigenvalue weighted by Crippen LogP contribution is -2.28. The Kier molecular flexibility index (Phi) is 4.24. The summed E-state index contributed by atoms with van der Waals surface area (Å²) in [5.41, 5.74) is 2.18. The molecule has 0 atom stereocenters. The molecule has 1 aliphatic rings. The molecule has 120 valence electrons. The fourth-order valence-electron chi connectivity index (χ4n) is 2.24. The number of hydrogen-bond acceptors (Lipinski definition) is 5. The van der Waals surface area contributed by atoms with E-state index in [0.717, 1.165) is 10.7 Å². The molecule has 1 aromatic carbocycles. The first-order valence-corrected chi connectivity index (χ1v) is 8.15. The zero-order valence-electron chi connectivity index (χ0n) is 12.5. The molecule has 0 radical (unpaired) electrons. The first-order chi connectivity index (χ1) is 11.0. The monoisotopic (exact) mass is 332 g/mol. The second-order valence-corrected chi connectivity index (χ2v) is 6.45. The molecule has 3 rings (SSSR count). The van der Waals surface area contributed by atoms with Crippen molar-refractivity contribution in [1.82, 2.24) is 10.3 Å². The Morgan fingerprint density at radius 3 is 2.91 bits per heavy atom. The average Bonchev–Trinajstić information content (AvgIpc) is 3.24. The highest BCUT2D eigenvalue weighted by molar-refractivity contribution is 7.09. The molecule has 0 bridgehead atoms. The zero-order chi connectivity index (χ0) is 16.4. The molecular weight excluding hydrogens is 316 g/mol. The van der Waals surface area contributed by atoms with Crippen LogP contribution in [0.4, 0.5) is 16.2 Å². The third-order valence-electron chi connectivity index (χ3n) is 3.62. The van der Waals surface area contributed by atoms with E-state index in [1.165, 1.54) is 25.0 Å². The number of nitro groups is 1. The minimum absolute atomic E-state index is 0.0337. The second kappa shape index (κ2) is 6.33. The molecular formula is C15H16N4O3S. The SMILES string of the molecule is Cc1cc(NC(=O)NCc2nc(C3CC3)cs2)ccc1[N+](=O)[O-]. The van der Waals surface area contributed by atoms with Gasteiger partial charge in [-0.1, -0.05) is 0 Å². The van der Waals surface area contributed by atoms with Crippen LogP contribution in [0.3, 0.4) is 0 Å². The number of anilines is 1. The Bertz CT molecular complexity index is 755. The van der Waals surface area contributed by atoms with Gasteiger partial charge in [0, 0.05) is 28.6 Å². The molecule has 1 aromatic heterocycles. The van der Waals surface area contributed by atoms with Gasteiger partial charge in [-0.2, -0.15) is 0 Å². The van der Waals surface area contributed by atoms with Crippen molar-refractivity contribution in [3.05, 3.63) is 50.0 Å². The van der Waals surface area contributed by atoms with E-state index in [2.05, 4.69) is 15.6 Å². The van der Waals surface area contributed by atoms with Gasteiger partial charge in [-0.3, -0.25) is 10.1 Å². The lowest BCUT2D eigenvalue weighted by atomic mass is 10.2. The van der Waals surface area contributed by atoms with Gasteiger partial charge in [0.25, 0.3) is 5.69 Å². The van der Waals surface area contributed by atoms with Gasteiger partial charge in [-0.25, -0.2) is 9.78 Å². The highest BCUT2D eigenvalue weighted by atomic mass is 32.1. The summed E-state index contributed by atoms with van der Waals surface area (Å²) in [5.74, 6) is 0.608. The number of carbonyl (C=O) groups excluding carboxylic acids is 1. The van der Waals surface area contributed by atoms with Crippen molar-refractivity contribution in [2.45, 2.75) is 32.2 Å². The lowest BCUT2D eigenvalue weighted by Gasteiger charge is -2.07. The molecule has 0 spiro atoms. The Balaban J connectivity index is 1.54. The predicted octanol–water partition coefficient (Wildman–Crippen LogP) is 3.56. The molecule has 0 saturated heterocycles. The fraction of sp³-hybridized carbons (Fsp3) is 0.333. The van der Waals surface area contributed by atoms with Crippen LogP contribution >= 0.6 is 11.3 Å². The Morgan fingerprint density at radius 2 is 2.26 bits per heavy atom. The summed E-state index contributed by atoms with van der Waals surface area (Å²) < 4.78 is 0. The Morgan fingerprint density at radius 1 is 1.48 bits per heavy atom. The van der Waals surface area contributed by atoms with Crippen molar-refractivity contribution >= 4 is 28.7 Å². The van der Waals surface area contributed by atoms with Crippen LogP contribution in [0, 0.1) is 17.0 Å². The quantitative estimate of drug-likeness (QED) is 0.646. The van der Waals surface area contributed by atoms with Crippen LogP contribution in [-0.2, 0) is 6.54 Å². The predicted molar refractivity (Wildman–Crippen MR) is 87.8 cm³/mol. The summed E-state index contributed by atoms with van der Waals surface area (Å²) in [4.78, 5) is 26.7. The van der Waals surface area contributed by atoms with E-state index in [1.54, 1.807) is 24.3 Å². The van der Waals surface area contributed by atoms with Crippen molar-refractivity contribution in [2.24, 2.45) is 0 Å². The minimum atomic E-state index is -0.445. The van der Waals surface area contributed by atoms with Crippen LogP contribution in [-0.4, -0.2) is 15.9 Å². The maximum absolute atomic E-state index is 11.9. The molecule has 23 heavy (non-hydrogen) atoms. The van der Waals surface area contributed by atoms with Crippen LogP contribution in [0.2, 0.25) is 0 Å². The third kappa shape index (κ3) is 3.84. The molecule has 1 fully saturated rings. The number of aryl methyl sites for hydroxylation is 1. The van der Waals surface area contributed by atoms with Gasteiger partial charge < -0.3 is 10.6 Å². The second-order valence-electron chi connectivity index (χ2n) is 5.51. The van der Waals surface area contributed by atoms with E-state index >= 15 is 0 Å². The van der Waals surface area contributed by atoms with Gasteiger partial charge in [0.05, 0.1) is 17.2 Å². The summed E-state index contributed by atoms with van der Waals surface area (Å²) >= 11 is 1.55. The van der Waals surface area contributed by atoms with Crippen LogP contribution in [0.5, 0.6) is 0 Å². The van der Waals surface area contributed by atoms with Gasteiger partial charge in [0.2, 0.25) is 0 Å². The maximum Gasteiger partial charge on any atom is 0.319 e. The number of benzene rings is 1. The van der Waals surface area contributed by atoms with Gasteiger partial charge in [0.1, 0.15) is 5.01 Å². The summed E-state index contributed by atoms with van der Waals surface area (Å²) in [6, 6.07) is 4.11. The highest BCUT2D eigenvalue weighted by Gasteiger charge is 2.25. The Labute approximate surface area is 136 Å². The van der Waals surface area contributed by atoms with E-state index in [4.69, 9.17) is 0 Å². The summed E-state index contributed by atoms with van der Waals surface area (Å²) in [6.45, 7) is 2.01. The molecule has 2 aromatic rings. The van der Waals surface area contributed by atoms with Gasteiger partial charge in [0.15, 0.2) is 0 Å². The molecule has 1 heterocycles. The van der Waals surface area contributed by atoms with E-state index in [1.807, 2.05) is 5.38 Å². The van der Waals surface area contributed by atoms with Crippen LogP contribution in [0.25, 0.3) is 0 Å². The van der Waals surface area contributed by atoms with E-state index in [-0.39, 0.29) is 11.7 Å². The van der Waals surface area contributed by atoms with Crippen molar-refractivity contribution in [3.63, 3.8) is 0 Å². The number of rotatable bonds is 5. The largest absolute Gasteiger partial charge is 0.331 e. The number of nitrogens with zero attached hydrogens (tertiary/aromatic N) is 2. The molecule has 7 nitrogen and oxygen atoms in total. The lowest BCUT2D eigenvalue weighted by molar-refractivity contribution is -0.385. The number of urea groups is 1. The number of nitro benzene ring substituents is 1. The molecule has 1 saturated carbocycles. The van der Waals surface area contributed by atoms with Crippen molar-refractivity contribution < 1.29 is 9.72 Å². The number of carbonyl (C=O) groups is 1. The summed E-state index contributed by atoms with van der Waals surface area (Å²) in [7, 11) is 0. The first-order valence-electron chi connectivity index (χ1n) is 7.27. The normalized spacial score (nSPS) is 13.6. The molecule has 1 aliphatic carbocycles. The van der Waals surface area contributed by atoms with Crippen molar-refractivity contribution in [1.29, 1.82) is 0 Å². The molecule has 0 unspecified atom stereocenters. The topological polar surface area (TPSA) is 97.2 Å². The van der Waals surface area contributed by atoms with Gasteiger partial charge in [-0.15, -0.1) is 11.3 Å².